The highest BCUT2D eigenvalue weighted by molar-refractivity contribution is 7.11. The molecule has 0 spiro atoms. The highest BCUT2D eigenvalue weighted by Crippen LogP contribution is 2.38. The topological polar surface area (TPSA) is 38.9 Å². The molecule has 1 heterocycles. The molecule has 2 N–H and O–H groups in total. The third kappa shape index (κ3) is 3.19. The predicted octanol–water partition coefficient (Wildman–Crippen LogP) is 4.36. The van der Waals surface area contributed by atoms with Crippen LogP contribution < -0.4 is 5.73 Å². The molecule has 2 aromatic rings. The molecule has 0 saturated carbocycles. The number of hydrogen-bond acceptors (Lipinski definition) is 3. The molecule has 0 aliphatic heterocycles. The number of thiazole rings is 1. The van der Waals surface area contributed by atoms with Gasteiger partial charge in [0.2, 0.25) is 0 Å². The average molecular weight is 300 g/mol. The Morgan fingerprint density at radius 3 is 2.40 bits per heavy atom. The van der Waals surface area contributed by atoms with Crippen molar-refractivity contribution in [1.82, 2.24) is 4.98 Å². The zero-order chi connectivity index (χ0) is 14.8. The van der Waals surface area contributed by atoms with Gasteiger partial charge in [-0.1, -0.05) is 37.3 Å². The Morgan fingerprint density at radius 2 is 1.90 bits per heavy atom. The van der Waals surface area contributed by atoms with Crippen molar-refractivity contribution >= 4 is 11.3 Å². The third-order valence-corrected chi connectivity index (χ3v) is 4.34. The quantitative estimate of drug-likeness (QED) is 0.911. The number of nitrogens with two attached hydrogens (primary N) is 1. The Kier molecular flexibility index (Phi) is 4.45. The summed E-state index contributed by atoms with van der Waals surface area (Å²) < 4.78 is 37.7. The van der Waals surface area contributed by atoms with Crippen LogP contribution >= 0.6 is 11.3 Å². The van der Waals surface area contributed by atoms with Crippen molar-refractivity contribution in [3.05, 3.63) is 52.0 Å². The third-order valence-electron chi connectivity index (χ3n) is 3.20. The number of hydrogen-bond donors (Lipinski definition) is 1. The van der Waals surface area contributed by atoms with E-state index < -0.39 is 17.2 Å². The summed E-state index contributed by atoms with van der Waals surface area (Å²) in [6, 6.07) is 9.11. The number of benzene rings is 1. The van der Waals surface area contributed by atoms with Gasteiger partial charge in [-0.2, -0.15) is 13.2 Å². The zero-order valence-electron chi connectivity index (χ0n) is 10.9. The summed E-state index contributed by atoms with van der Waals surface area (Å²) in [5.41, 5.74) is 7.17. The lowest BCUT2D eigenvalue weighted by Crippen LogP contribution is -2.18. The second-order valence-electron chi connectivity index (χ2n) is 4.52. The number of nitrogens with zero attached hydrogens (tertiary/aromatic N) is 1. The second-order valence-corrected chi connectivity index (χ2v) is 5.58. The van der Waals surface area contributed by atoms with Crippen molar-refractivity contribution in [2.75, 3.05) is 0 Å². The largest absolute Gasteiger partial charge is 0.443 e. The summed E-state index contributed by atoms with van der Waals surface area (Å²) in [6.45, 7) is 1.98. The molecule has 2 rings (SSSR count). The fourth-order valence-corrected chi connectivity index (χ4v) is 3.02. The number of rotatable bonds is 4. The molecule has 1 aromatic carbocycles. The molecule has 108 valence electrons. The van der Waals surface area contributed by atoms with Gasteiger partial charge >= 0.3 is 6.18 Å². The van der Waals surface area contributed by atoms with E-state index in [1.54, 1.807) is 0 Å². The van der Waals surface area contributed by atoms with Gasteiger partial charge in [0, 0.05) is 23.0 Å². The molecule has 0 bridgehead atoms. The van der Waals surface area contributed by atoms with Gasteiger partial charge in [-0.3, -0.25) is 0 Å². The van der Waals surface area contributed by atoms with Crippen molar-refractivity contribution in [3.8, 4) is 0 Å². The smallest absolute Gasteiger partial charge is 0.323 e. The molecule has 6 heteroatoms. The molecule has 0 saturated heterocycles. The molecule has 0 amide bonds. The molecule has 20 heavy (non-hydrogen) atoms. The van der Waals surface area contributed by atoms with Crippen molar-refractivity contribution < 1.29 is 13.2 Å². The van der Waals surface area contributed by atoms with Crippen LogP contribution in [0.3, 0.4) is 0 Å². The van der Waals surface area contributed by atoms with Crippen LogP contribution in [-0.4, -0.2) is 4.98 Å². The van der Waals surface area contributed by atoms with Crippen LogP contribution in [0.1, 0.15) is 40.8 Å². The Bertz CT molecular complexity index is 551. The van der Waals surface area contributed by atoms with E-state index in [0.29, 0.717) is 16.2 Å². The van der Waals surface area contributed by atoms with Gasteiger partial charge in [0.15, 0.2) is 5.01 Å². The molecule has 1 aromatic heterocycles. The lowest BCUT2D eigenvalue weighted by atomic mass is 9.89. The molecule has 0 aliphatic rings. The Morgan fingerprint density at radius 1 is 1.25 bits per heavy atom. The Hall–Kier alpha value is -1.40. The standard InChI is InChI=1S/C14H15F3N2S/c1-2-10(9-6-4-3-5-7-9)12(18)11-8-19-13(20-11)14(15,16)17/h3-8,10,12H,2,18H2,1H3. The monoisotopic (exact) mass is 300 g/mol. The van der Waals surface area contributed by atoms with Crippen LogP contribution in [0.25, 0.3) is 0 Å². The summed E-state index contributed by atoms with van der Waals surface area (Å²) >= 11 is 0.625. The maximum atomic E-state index is 12.6. The van der Waals surface area contributed by atoms with Crippen LogP contribution in [0.5, 0.6) is 0 Å². The van der Waals surface area contributed by atoms with Gasteiger partial charge in [0.25, 0.3) is 0 Å². The van der Waals surface area contributed by atoms with Crippen LogP contribution in [0.4, 0.5) is 13.2 Å². The van der Waals surface area contributed by atoms with Crippen LogP contribution in [0.15, 0.2) is 36.5 Å². The van der Waals surface area contributed by atoms with Gasteiger partial charge in [0.05, 0.1) is 0 Å². The van der Waals surface area contributed by atoms with E-state index in [-0.39, 0.29) is 5.92 Å². The summed E-state index contributed by atoms with van der Waals surface area (Å²) in [5, 5.41) is -0.842. The highest BCUT2D eigenvalue weighted by Gasteiger charge is 2.35. The Balaban J connectivity index is 2.25. The minimum Gasteiger partial charge on any atom is -0.323 e. The van der Waals surface area contributed by atoms with E-state index in [4.69, 9.17) is 5.73 Å². The van der Waals surface area contributed by atoms with Crippen LogP contribution in [-0.2, 0) is 6.18 Å². The summed E-state index contributed by atoms with van der Waals surface area (Å²) in [5.74, 6) is -0.0160. The highest BCUT2D eigenvalue weighted by atomic mass is 32.1. The number of halogens is 3. The van der Waals surface area contributed by atoms with Crippen LogP contribution in [0.2, 0.25) is 0 Å². The fourth-order valence-electron chi connectivity index (χ4n) is 2.17. The van der Waals surface area contributed by atoms with E-state index >= 15 is 0 Å². The molecule has 0 radical (unpaired) electrons. The van der Waals surface area contributed by atoms with Gasteiger partial charge in [-0.05, 0) is 12.0 Å². The second kappa shape index (κ2) is 5.93. The first-order valence-electron chi connectivity index (χ1n) is 6.27. The van der Waals surface area contributed by atoms with Crippen molar-refractivity contribution in [2.45, 2.75) is 31.5 Å². The molecule has 0 aliphatic carbocycles. The molecular weight excluding hydrogens is 285 g/mol. The average Bonchev–Trinajstić information content (AvgIpc) is 2.90. The molecular formula is C14H15F3N2S. The molecule has 0 fully saturated rings. The summed E-state index contributed by atoms with van der Waals surface area (Å²) in [7, 11) is 0. The van der Waals surface area contributed by atoms with E-state index in [0.717, 1.165) is 12.0 Å². The molecule has 2 atom stereocenters. The van der Waals surface area contributed by atoms with E-state index in [9.17, 15) is 13.2 Å². The fraction of sp³-hybridized carbons (Fsp3) is 0.357. The lowest BCUT2D eigenvalue weighted by Gasteiger charge is -2.21. The van der Waals surface area contributed by atoms with E-state index in [1.807, 2.05) is 37.3 Å². The van der Waals surface area contributed by atoms with Crippen molar-refractivity contribution in [1.29, 1.82) is 0 Å². The van der Waals surface area contributed by atoms with Gasteiger partial charge in [-0.15, -0.1) is 11.3 Å². The zero-order valence-corrected chi connectivity index (χ0v) is 11.7. The first kappa shape index (κ1) is 15.0. The predicted molar refractivity (Wildman–Crippen MR) is 73.5 cm³/mol. The van der Waals surface area contributed by atoms with Gasteiger partial charge in [-0.25, -0.2) is 4.98 Å². The van der Waals surface area contributed by atoms with Gasteiger partial charge < -0.3 is 5.73 Å². The van der Waals surface area contributed by atoms with Crippen LogP contribution in [0, 0.1) is 0 Å². The first-order chi connectivity index (χ1) is 9.43. The van der Waals surface area contributed by atoms with E-state index in [2.05, 4.69) is 4.98 Å². The lowest BCUT2D eigenvalue weighted by molar-refractivity contribution is -0.137. The molecule has 2 unspecified atom stereocenters. The summed E-state index contributed by atoms with van der Waals surface area (Å²) in [4.78, 5) is 3.90. The summed E-state index contributed by atoms with van der Waals surface area (Å²) in [6.07, 6.45) is -2.41. The maximum absolute atomic E-state index is 12.6. The number of aromatic nitrogens is 1. The SMILES string of the molecule is CCC(c1ccccc1)C(N)c1cnc(C(F)(F)F)s1. The Labute approximate surface area is 119 Å². The normalized spacial score (nSPS) is 15.1. The van der Waals surface area contributed by atoms with Crippen molar-refractivity contribution in [3.63, 3.8) is 0 Å². The minimum atomic E-state index is -4.41. The molecule has 2 nitrogen and oxygen atoms in total. The minimum absolute atomic E-state index is 0.0160. The van der Waals surface area contributed by atoms with Crippen molar-refractivity contribution in [2.24, 2.45) is 5.73 Å². The first-order valence-corrected chi connectivity index (χ1v) is 7.08. The van der Waals surface area contributed by atoms with Gasteiger partial charge in [0.1, 0.15) is 0 Å². The number of alkyl halides is 3. The van der Waals surface area contributed by atoms with E-state index in [1.165, 1.54) is 6.20 Å². The maximum Gasteiger partial charge on any atom is 0.443 e.